The van der Waals surface area contributed by atoms with Crippen LogP contribution in [-0.2, 0) is 19.1 Å². The maximum absolute atomic E-state index is 13.7. The summed E-state index contributed by atoms with van der Waals surface area (Å²) in [5.74, 6) is -4.14. The Bertz CT molecular complexity index is 1230. The van der Waals surface area contributed by atoms with Crippen LogP contribution < -0.4 is 5.73 Å². The van der Waals surface area contributed by atoms with Crippen LogP contribution in [0.25, 0.3) is 10.9 Å². The number of aromatic nitrogens is 1. The van der Waals surface area contributed by atoms with Gasteiger partial charge < -0.3 is 30.1 Å². The molecule has 0 radical (unpaired) electrons. The number of carboxylic acids is 1. The number of hydrogen-bond acceptors (Lipinski definition) is 9. The number of primary amides is 1. The molecule has 3 N–H and O–H groups in total. The number of nitro benzene ring substituents is 1. The molecule has 1 aliphatic rings. The summed E-state index contributed by atoms with van der Waals surface area (Å²) >= 11 is 0. The molecule has 37 heavy (non-hydrogen) atoms. The molecule has 1 aliphatic heterocycles. The number of carboxylic acid groups (broad SMARTS) is 1. The molecule has 2 heterocycles. The Morgan fingerprint density at radius 1 is 1.19 bits per heavy atom. The second-order valence-corrected chi connectivity index (χ2v) is 8.25. The zero-order chi connectivity index (χ0) is 27.3. The number of nitrogens with two attached hydrogens (primary N) is 1. The molecule has 198 valence electrons. The van der Waals surface area contributed by atoms with Gasteiger partial charge in [0.2, 0.25) is 5.91 Å². The van der Waals surface area contributed by atoms with E-state index in [0.29, 0.717) is 0 Å². The summed E-state index contributed by atoms with van der Waals surface area (Å²) in [4.78, 5) is 68.0. The van der Waals surface area contributed by atoms with Gasteiger partial charge in [0.25, 0.3) is 11.6 Å². The molecular weight excluding hydrogens is 490 g/mol. The molecular formula is C23H27N5O9. The lowest BCUT2D eigenvalue weighted by molar-refractivity contribution is -0.383. The number of non-ortho nitro benzene ring substituents is 1. The summed E-state index contributed by atoms with van der Waals surface area (Å²) in [6, 6.07) is 5.31. The highest BCUT2D eigenvalue weighted by atomic mass is 16.6. The molecule has 0 aliphatic carbocycles. The SMILES string of the molecule is CCOC(=O)N1CCN(C(=O)C(CC(OC)C(=O)O)c2nc3cccc([N+](=O)[O-])c3cc2C(N)=O)CC1. The van der Waals surface area contributed by atoms with Gasteiger partial charge in [-0.3, -0.25) is 24.7 Å². The lowest BCUT2D eigenvalue weighted by Crippen LogP contribution is -2.52. The van der Waals surface area contributed by atoms with E-state index in [2.05, 4.69) is 4.98 Å². The van der Waals surface area contributed by atoms with Gasteiger partial charge in [0, 0.05) is 45.8 Å². The number of amides is 3. The molecule has 1 aromatic carbocycles. The van der Waals surface area contributed by atoms with Crippen molar-refractivity contribution >= 4 is 40.5 Å². The van der Waals surface area contributed by atoms with Crippen LogP contribution in [-0.4, -0.2) is 94.7 Å². The summed E-state index contributed by atoms with van der Waals surface area (Å²) in [5, 5.41) is 21.1. The van der Waals surface area contributed by atoms with Gasteiger partial charge in [-0.15, -0.1) is 0 Å². The Hall–Kier alpha value is -4.33. The molecule has 3 amide bonds. The largest absolute Gasteiger partial charge is 0.479 e. The third-order valence-corrected chi connectivity index (χ3v) is 6.08. The fourth-order valence-electron chi connectivity index (χ4n) is 4.20. The Balaban J connectivity index is 2.06. The molecule has 1 saturated heterocycles. The molecule has 1 fully saturated rings. The maximum atomic E-state index is 13.7. The molecule has 2 atom stereocenters. The summed E-state index contributed by atoms with van der Waals surface area (Å²) < 4.78 is 10.0. The maximum Gasteiger partial charge on any atom is 0.409 e. The monoisotopic (exact) mass is 517 g/mol. The minimum Gasteiger partial charge on any atom is -0.479 e. The number of hydrogen-bond donors (Lipinski definition) is 2. The standard InChI is InChI=1S/C23H27N5O9/c1-3-37-23(33)27-9-7-26(8-10-27)21(30)15(12-18(36-2)22(31)32)19-14(20(24)29)11-13-16(25-19)5-4-6-17(13)28(34)35/h4-6,11,15,18H,3,7-10,12H2,1-2H3,(H2,24,29)(H,31,32). The van der Waals surface area contributed by atoms with Crippen LogP contribution in [0, 0.1) is 10.1 Å². The van der Waals surface area contributed by atoms with Crippen molar-refractivity contribution in [1.82, 2.24) is 14.8 Å². The first-order chi connectivity index (χ1) is 17.6. The van der Waals surface area contributed by atoms with Gasteiger partial charge in [0.05, 0.1) is 39.6 Å². The summed E-state index contributed by atoms with van der Waals surface area (Å²) in [6.45, 7) is 2.51. The molecule has 1 aromatic heterocycles. The lowest BCUT2D eigenvalue weighted by atomic mass is 9.90. The Kier molecular flexibility index (Phi) is 8.55. The molecule has 2 aromatic rings. The first kappa shape index (κ1) is 27.3. The number of benzene rings is 1. The smallest absolute Gasteiger partial charge is 0.409 e. The molecule has 3 rings (SSSR count). The van der Waals surface area contributed by atoms with Gasteiger partial charge in [0.1, 0.15) is 0 Å². The third-order valence-electron chi connectivity index (χ3n) is 6.08. The second kappa shape index (κ2) is 11.6. The van der Waals surface area contributed by atoms with Gasteiger partial charge in [0.15, 0.2) is 6.10 Å². The number of aliphatic carboxylic acids is 1. The van der Waals surface area contributed by atoms with E-state index < -0.39 is 40.8 Å². The van der Waals surface area contributed by atoms with Crippen molar-refractivity contribution in [2.24, 2.45) is 5.73 Å². The minimum absolute atomic E-state index is 0.0424. The summed E-state index contributed by atoms with van der Waals surface area (Å²) in [7, 11) is 1.17. The zero-order valence-electron chi connectivity index (χ0n) is 20.3. The number of piperazine rings is 1. The number of ether oxygens (including phenoxy) is 2. The fraction of sp³-hybridized carbons (Fsp3) is 0.435. The minimum atomic E-state index is -1.42. The number of carbonyl (C=O) groups is 4. The average molecular weight is 517 g/mol. The van der Waals surface area contributed by atoms with Crippen molar-refractivity contribution in [3.63, 3.8) is 0 Å². The Labute approximate surface area is 211 Å². The molecule has 14 heteroatoms. The van der Waals surface area contributed by atoms with Gasteiger partial charge in [-0.25, -0.2) is 9.59 Å². The highest BCUT2D eigenvalue weighted by Gasteiger charge is 2.37. The zero-order valence-corrected chi connectivity index (χ0v) is 20.3. The van der Waals surface area contributed by atoms with Gasteiger partial charge in [-0.2, -0.15) is 0 Å². The van der Waals surface area contributed by atoms with E-state index in [4.69, 9.17) is 15.2 Å². The summed E-state index contributed by atoms with van der Waals surface area (Å²) in [6.07, 6.45) is -2.31. The highest BCUT2D eigenvalue weighted by molar-refractivity contribution is 6.01. The first-order valence-electron chi connectivity index (χ1n) is 11.4. The third kappa shape index (κ3) is 5.91. The average Bonchev–Trinajstić information content (AvgIpc) is 2.87. The van der Waals surface area contributed by atoms with E-state index >= 15 is 0 Å². The van der Waals surface area contributed by atoms with Gasteiger partial charge in [-0.05, 0) is 19.1 Å². The first-order valence-corrected chi connectivity index (χ1v) is 11.4. The molecule has 0 bridgehead atoms. The normalized spacial score (nSPS) is 15.2. The van der Waals surface area contributed by atoms with E-state index in [1.165, 1.54) is 41.2 Å². The molecule has 14 nitrogen and oxygen atoms in total. The summed E-state index contributed by atoms with van der Waals surface area (Å²) in [5.41, 5.74) is 5.04. The topological polar surface area (TPSA) is 196 Å². The van der Waals surface area contributed by atoms with E-state index in [9.17, 15) is 34.4 Å². The fourth-order valence-corrected chi connectivity index (χ4v) is 4.20. The molecule has 2 unspecified atom stereocenters. The van der Waals surface area contributed by atoms with Crippen molar-refractivity contribution in [2.75, 3.05) is 39.9 Å². The highest BCUT2D eigenvalue weighted by Crippen LogP contribution is 2.32. The number of fused-ring (bicyclic) bond motifs is 1. The van der Waals surface area contributed by atoms with Crippen LogP contribution >= 0.6 is 0 Å². The van der Waals surface area contributed by atoms with Crippen LogP contribution in [0.3, 0.4) is 0 Å². The van der Waals surface area contributed by atoms with Crippen molar-refractivity contribution < 1.29 is 38.7 Å². The van der Waals surface area contributed by atoms with E-state index in [1.807, 2.05) is 0 Å². The number of rotatable bonds is 9. The molecule has 0 saturated carbocycles. The predicted octanol–water partition coefficient (Wildman–Crippen LogP) is 1.12. The quantitative estimate of drug-likeness (QED) is 0.359. The number of methoxy groups -OCH3 is 1. The number of nitro groups is 1. The van der Waals surface area contributed by atoms with Crippen LogP contribution in [0.15, 0.2) is 24.3 Å². The van der Waals surface area contributed by atoms with Crippen molar-refractivity contribution in [3.8, 4) is 0 Å². The molecule has 0 spiro atoms. The number of pyridine rings is 1. The Morgan fingerprint density at radius 2 is 1.84 bits per heavy atom. The van der Waals surface area contributed by atoms with Crippen molar-refractivity contribution in [3.05, 3.63) is 45.6 Å². The van der Waals surface area contributed by atoms with E-state index in [-0.39, 0.29) is 67.1 Å². The second-order valence-electron chi connectivity index (χ2n) is 8.25. The van der Waals surface area contributed by atoms with Crippen molar-refractivity contribution in [1.29, 1.82) is 0 Å². The predicted molar refractivity (Wildman–Crippen MR) is 128 cm³/mol. The van der Waals surface area contributed by atoms with E-state index in [1.54, 1.807) is 6.92 Å². The lowest BCUT2D eigenvalue weighted by Gasteiger charge is -2.36. The Morgan fingerprint density at radius 3 is 2.38 bits per heavy atom. The van der Waals surface area contributed by atoms with Crippen LogP contribution in [0.5, 0.6) is 0 Å². The van der Waals surface area contributed by atoms with Crippen molar-refractivity contribution in [2.45, 2.75) is 25.4 Å². The van der Waals surface area contributed by atoms with Gasteiger partial charge >= 0.3 is 12.1 Å². The van der Waals surface area contributed by atoms with Crippen LogP contribution in [0.4, 0.5) is 10.5 Å². The van der Waals surface area contributed by atoms with Gasteiger partial charge in [-0.1, -0.05) is 6.07 Å². The van der Waals surface area contributed by atoms with Crippen LogP contribution in [0.2, 0.25) is 0 Å². The number of nitrogens with zero attached hydrogens (tertiary/aromatic N) is 4. The number of carbonyl (C=O) groups excluding carboxylic acids is 3. The van der Waals surface area contributed by atoms with Crippen LogP contribution in [0.1, 0.15) is 35.3 Å². The van der Waals surface area contributed by atoms with E-state index in [0.717, 1.165) is 0 Å².